The van der Waals surface area contributed by atoms with Gasteiger partial charge in [-0.1, -0.05) is 18.1 Å². The Morgan fingerprint density at radius 3 is 2.47 bits per heavy atom. The van der Waals surface area contributed by atoms with E-state index in [9.17, 15) is 5.21 Å². The van der Waals surface area contributed by atoms with Crippen LogP contribution in [0.15, 0.2) is 12.2 Å². The van der Waals surface area contributed by atoms with Crippen molar-refractivity contribution < 1.29 is 5.21 Å². The lowest BCUT2D eigenvalue weighted by Crippen LogP contribution is -2.60. The zero-order valence-corrected chi connectivity index (χ0v) is 10.2. The van der Waals surface area contributed by atoms with E-state index in [1.54, 1.807) is 0 Å². The van der Waals surface area contributed by atoms with Gasteiger partial charge >= 0.3 is 0 Å². The van der Waals surface area contributed by atoms with Gasteiger partial charge in [0.2, 0.25) is 0 Å². The van der Waals surface area contributed by atoms with Crippen molar-refractivity contribution in [2.45, 2.75) is 39.7 Å². The number of terminal acetylenes is 1. The molecule has 1 heterocycles. The lowest BCUT2D eigenvalue weighted by atomic mass is 9.60. The molecular formula is C13H21NO. The Morgan fingerprint density at radius 2 is 2.07 bits per heavy atom. The molecule has 0 aromatic heterocycles. The lowest BCUT2D eigenvalue weighted by molar-refractivity contribution is -0.220. The number of nitrogens with zero attached hydrogens (tertiary/aromatic N) is 1. The first kappa shape index (κ1) is 12.3. The molecule has 15 heavy (non-hydrogen) atoms. The molecule has 2 unspecified atom stereocenters. The fourth-order valence-electron chi connectivity index (χ4n) is 2.53. The average Bonchev–Trinajstić information content (AvgIpc) is 2.14. The van der Waals surface area contributed by atoms with Crippen LogP contribution in [-0.2, 0) is 0 Å². The molecular weight excluding hydrogens is 186 g/mol. The summed E-state index contributed by atoms with van der Waals surface area (Å²) >= 11 is 0. The van der Waals surface area contributed by atoms with E-state index < -0.39 is 5.54 Å². The summed E-state index contributed by atoms with van der Waals surface area (Å²) in [7, 11) is 0. The van der Waals surface area contributed by atoms with Gasteiger partial charge in [-0.15, -0.1) is 6.42 Å². The summed E-state index contributed by atoms with van der Waals surface area (Å²) in [5.74, 6) is 3.15. The van der Waals surface area contributed by atoms with E-state index in [0.29, 0.717) is 6.54 Å². The first-order valence-electron chi connectivity index (χ1n) is 5.37. The van der Waals surface area contributed by atoms with Crippen LogP contribution in [0, 0.1) is 23.7 Å². The Balaban J connectivity index is 3.19. The fraction of sp³-hybridized carbons (Fsp3) is 0.692. The third-order valence-corrected chi connectivity index (χ3v) is 4.14. The Hall–Kier alpha value is -0.780. The van der Waals surface area contributed by atoms with Gasteiger partial charge in [0.05, 0.1) is 11.0 Å². The van der Waals surface area contributed by atoms with Gasteiger partial charge in [-0.05, 0) is 40.0 Å². The molecule has 0 saturated carbocycles. The van der Waals surface area contributed by atoms with Crippen LogP contribution in [0.25, 0.3) is 0 Å². The third-order valence-electron chi connectivity index (χ3n) is 4.14. The molecule has 0 radical (unpaired) electrons. The van der Waals surface area contributed by atoms with Crippen LogP contribution in [0.3, 0.4) is 0 Å². The molecule has 0 bridgehead atoms. The highest BCUT2D eigenvalue weighted by Gasteiger charge is 2.52. The van der Waals surface area contributed by atoms with Gasteiger partial charge in [-0.2, -0.15) is 5.06 Å². The molecule has 2 nitrogen and oxygen atoms in total. The van der Waals surface area contributed by atoms with Crippen LogP contribution >= 0.6 is 0 Å². The van der Waals surface area contributed by atoms with E-state index in [-0.39, 0.29) is 11.3 Å². The molecule has 1 N–H and O–H groups in total. The van der Waals surface area contributed by atoms with Crippen molar-refractivity contribution in [3.05, 3.63) is 12.2 Å². The summed E-state index contributed by atoms with van der Waals surface area (Å²) in [6.45, 7) is 12.7. The van der Waals surface area contributed by atoms with Gasteiger partial charge in [0, 0.05) is 6.54 Å². The summed E-state index contributed by atoms with van der Waals surface area (Å²) in [6, 6.07) is 0. The molecule has 2 atom stereocenters. The minimum Gasteiger partial charge on any atom is -0.313 e. The van der Waals surface area contributed by atoms with Crippen molar-refractivity contribution in [2.75, 3.05) is 6.54 Å². The quantitative estimate of drug-likeness (QED) is 0.528. The molecule has 1 rings (SSSR count). The molecule has 1 saturated heterocycles. The molecule has 1 aliphatic rings. The third kappa shape index (κ3) is 1.60. The van der Waals surface area contributed by atoms with E-state index in [0.717, 1.165) is 12.0 Å². The maximum Gasteiger partial charge on any atom is 0.0572 e. The molecule has 0 aromatic rings. The van der Waals surface area contributed by atoms with Crippen molar-refractivity contribution >= 4 is 0 Å². The summed E-state index contributed by atoms with van der Waals surface area (Å²) in [5, 5.41) is 11.3. The first-order chi connectivity index (χ1) is 6.77. The van der Waals surface area contributed by atoms with Gasteiger partial charge in [-0.25, -0.2) is 0 Å². The number of hydrogen-bond donors (Lipinski definition) is 1. The van der Waals surface area contributed by atoms with Crippen molar-refractivity contribution in [2.24, 2.45) is 11.3 Å². The SMILES string of the molecule is C#CC1(C)C(C(=C)C)CCN(O)C1(C)C. The highest BCUT2D eigenvalue weighted by atomic mass is 16.5. The number of piperidine rings is 1. The second-order valence-corrected chi connectivity index (χ2v) is 5.22. The smallest absolute Gasteiger partial charge is 0.0572 e. The topological polar surface area (TPSA) is 23.5 Å². The minimum absolute atomic E-state index is 0.279. The predicted molar refractivity (Wildman–Crippen MR) is 62.4 cm³/mol. The van der Waals surface area contributed by atoms with Crippen molar-refractivity contribution in [1.82, 2.24) is 5.06 Å². The average molecular weight is 207 g/mol. The van der Waals surface area contributed by atoms with Gasteiger partial charge in [0.25, 0.3) is 0 Å². The van der Waals surface area contributed by atoms with Gasteiger partial charge in [0.1, 0.15) is 0 Å². The standard InChI is InChI=1S/C13H21NO/c1-7-13(6)11(10(2)3)8-9-14(15)12(13,4)5/h1,11,15H,2,8-9H2,3-6H3. The van der Waals surface area contributed by atoms with Crippen LogP contribution < -0.4 is 0 Å². The van der Waals surface area contributed by atoms with E-state index in [1.807, 2.05) is 27.7 Å². The molecule has 0 amide bonds. The summed E-state index contributed by atoms with van der Waals surface area (Å²) in [6.07, 6.45) is 6.55. The number of hydrogen-bond acceptors (Lipinski definition) is 2. The van der Waals surface area contributed by atoms with Crippen LogP contribution in [0.1, 0.15) is 34.1 Å². The van der Waals surface area contributed by atoms with Crippen LogP contribution in [-0.4, -0.2) is 22.4 Å². The maximum absolute atomic E-state index is 9.91. The lowest BCUT2D eigenvalue weighted by Gasteiger charge is -2.53. The predicted octanol–water partition coefficient (Wildman–Crippen LogP) is 2.69. The Labute approximate surface area is 92.9 Å². The summed E-state index contributed by atoms with van der Waals surface area (Å²) < 4.78 is 0. The second-order valence-electron chi connectivity index (χ2n) is 5.22. The van der Waals surface area contributed by atoms with E-state index >= 15 is 0 Å². The van der Waals surface area contributed by atoms with Crippen molar-refractivity contribution in [1.29, 1.82) is 0 Å². The maximum atomic E-state index is 9.91. The number of rotatable bonds is 1. The van der Waals surface area contributed by atoms with E-state index in [4.69, 9.17) is 6.42 Å². The molecule has 0 spiro atoms. The van der Waals surface area contributed by atoms with Crippen LogP contribution in [0.2, 0.25) is 0 Å². The molecule has 2 heteroatoms. The normalized spacial score (nSPS) is 35.9. The molecule has 1 aliphatic heterocycles. The largest absolute Gasteiger partial charge is 0.313 e. The monoisotopic (exact) mass is 207 g/mol. The fourth-order valence-corrected chi connectivity index (χ4v) is 2.53. The van der Waals surface area contributed by atoms with Crippen molar-refractivity contribution in [3.8, 4) is 12.3 Å². The van der Waals surface area contributed by atoms with E-state index in [1.165, 1.54) is 5.06 Å². The molecule has 84 valence electrons. The van der Waals surface area contributed by atoms with Gasteiger partial charge < -0.3 is 5.21 Å². The Morgan fingerprint density at radius 1 is 1.53 bits per heavy atom. The highest BCUT2D eigenvalue weighted by molar-refractivity contribution is 5.23. The van der Waals surface area contributed by atoms with Gasteiger partial charge in [0.15, 0.2) is 0 Å². The summed E-state index contributed by atoms with van der Waals surface area (Å²) in [5.41, 5.74) is 0.326. The molecule has 0 aliphatic carbocycles. The molecule has 0 aromatic carbocycles. The Kier molecular flexibility index (Phi) is 3.00. The zero-order valence-electron chi connectivity index (χ0n) is 10.2. The highest BCUT2D eigenvalue weighted by Crippen LogP contribution is 2.48. The zero-order chi connectivity index (χ0) is 11.9. The number of hydroxylamine groups is 2. The van der Waals surface area contributed by atoms with Gasteiger partial charge in [-0.3, -0.25) is 0 Å². The van der Waals surface area contributed by atoms with E-state index in [2.05, 4.69) is 12.5 Å². The first-order valence-corrected chi connectivity index (χ1v) is 5.37. The second kappa shape index (κ2) is 3.66. The molecule has 1 fully saturated rings. The summed E-state index contributed by atoms with van der Waals surface area (Å²) in [4.78, 5) is 0. The number of allylic oxidation sites excluding steroid dienone is 1. The minimum atomic E-state index is -0.413. The Bertz CT molecular complexity index is 313. The van der Waals surface area contributed by atoms with Crippen molar-refractivity contribution in [3.63, 3.8) is 0 Å². The van der Waals surface area contributed by atoms with Crippen LogP contribution in [0.4, 0.5) is 0 Å². The van der Waals surface area contributed by atoms with Crippen LogP contribution in [0.5, 0.6) is 0 Å².